The largest absolute Gasteiger partial charge is 0.454 e. The smallest absolute Gasteiger partial charge is 0.289 e. The maximum atomic E-state index is 12.3. The van der Waals surface area contributed by atoms with Crippen LogP contribution in [0.4, 0.5) is 0 Å². The van der Waals surface area contributed by atoms with E-state index in [4.69, 9.17) is 14.7 Å². The molecule has 0 radical (unpaired) electrons. The van der Waals surface area contributed by atoms with Crippen LogP contribution in [-0.4, -0.2) is 17.7 Å². The number of fused-ring (bicyclic) bond motifs is 1. The van der Waals surface area contributed by atoms with E-state index in [9.17, 15) is 4.79 Å². The summed E-state index contributed by atoms with van der Waals surface area (Å²) in [6, 6.07) is 7.24. The molecule has 0 fully saturated rings. The molecule has 6 nitrogen and oxygen atoms in total. The molecule has 1 aliphatic heterocycles. The summed E-state index contributed by atoms with van der Waals surface area (Å²) in [6.07, 6.45) is 1.54. The lowest BCUT2D eigenvalue weighted by molar-refractivity contribution is 0.174. The van der Waals surface area contributed by atoms with E-state index in [1.807, 2.05) is 6.07 Å². The van der Waals surface area contributed by atoms with Crippen molar-refractivity contribution in [2.45, 2.75) is 13.8 Å². The Hall–Kier alpha value is -2.59. The second-order valence-electron chi connectivity index (χ2n) is 5.04. The lowest BCUT2D eigenvalue weighted by atomic mass is 10.1. The number of ether oxygens (including phenoxy) is 2. The third-order valence-electron chi connectivity index (χ3n) is 3.48. The quantitative estimate of drug-likeness (QED) is 0.758. The van der Waals surface area contributed by atoms with Crippen molar-refractivity contribution in [1.82, 2.24) is 4.68 Å². The van der Waals surface area contributed by atoms with Crippen molar-refractivity contribution < 1.29 is 9.47 Å². The Labute approximate surface area is 140 Å². The van der Waals surface area contributed by atoms with E-state index in [0.29, 0.717) is 22.8 Å². The topological polar surface area (TPSA) is 76.6 Å². The zero-order valence-electron chi connectivity index (χ0n) is 12.5. The molecular formula is C16H12BrN3O3. The molecule has 0 saturated heterocycles. The highest BCUT2D eigenvalue weighted by molar-refractivity contribution is 9.10. The first-order valence-corrected chi connectivity index (χ1v) is 7.57. The van der Waals surface area contributed by atoms with Gasteiger partial charge in [-0.15, -0.1) is 0 Å². The van der Waals surface area contributed by atoms with Crippen LogP contribution in [0.25, 0.3) is 0 Å². The summed E-state index contributed by atoms with van der Waals surface area (Å²) in [6.45, 7) is 3.68. The molecule has 1 aromatic carbocycles. The van der Waals surface area contributed by atoms with Gasteiger partial charge in [-0.25, -0.2) is 4.68 Å². The van der Waals surface area contributed by atoms with Gasteiger partial charge in [0.1, 0.15) is 11.6 Å². The van der Waals surface area contributed by atoms with Gasteiger partial charge in [-0.2, -0.15) is 10.4 Å². The first-order chi connectivity index (χ1) is 11.0. The molecule has 7 heteroatoms. The summed E-state index contributed by atoms with van der Waals surface area (Å²) >= 11 is 3.43. The first-order valence-electron chi connectivity index (χ1n) is 6.78. The molecule has 3 rings (SSSR count). The zero-order chi connectivity index (χ0) is 16.6. The predicted molar refractivity (Wildman–Crippen MR) is 88.1 cm³/mol. The minimum atomic E-state index is -0.432. The second-order valence-corrected chi connectivity index (χ2v) is 5.90. The Bertz CT molecular complexity index is 926. The number of rotatable bonds is 2. The van der Waals surface area contributed by atoms with E-state index in [1.165, 1.54) is 10.9 Å². The van der Waals surface area contributed by atoms with Crippen molar-refractivity contribution in [2.75, 3.05) is 6.79 Å². The van der Waals surface area contributed by atoms with Gasteiger partial charge in [0.25, 0.3) is 5.56 Å². The van der Waals surface area contributed by atoms with E-state index in [1.54, 1.807) is 32.0 Å². The highest BCUT2D eigenvalue weighted by atomic mass is 79.9. The SMILES string of the molecule is Cc1cc(C)n(/N=C\c2cc3c(cc2Br)OCO3)c(=O)c1C#N. The zero-order valence-corrected chi connectivity index (χ0v) is 14.0. The molecule has 1 aliphatic rings. The molecule has 0 amide bonds. The summed E-state index contributed by atoms with van der Waals surface area (Å²) in [5.74, 6) is 1.28. The van der Waals surface area contributed by atoms with Crippen LogP contribution < -0.4 is 15.0 Å². The van der Waals surface area contributed by atoms with Crippen LogP contribution in [0, 0.1) is 25.2 Å². The Morgan fingerprint density at radius 1 is 1.30 bits per heavy atom. The van der Waals surface area contributed by atoms with Crippen molar-refractivity contribution in [3.05, 3.63) is 55.4 Å². The molecule has 0 N–H and O–H groups in total. The van der Waals surface area contributed by atoms with E-state index in [0.717, 1.165) is 10.0 Å². The second kappa shape index (κ2) is 5.89. The fraction of sp³-hybridized carbons (Fsp3) is 0.188. The molecule has 0 spiro atoms. The van der Waals surface area contributed by atoms with Gasteiger partial charge in [0.2, 0.25) is 6.79 Å². The molecule has 0 atom stereocenters. The molecule has 1 aromatic heterocycles. The Morgan fingerprint density at radius 3 is 2.70 bits per heavy atom. The monoisotopic (exact) mass is 373 g/mol. The summed E-state index contributed by atoms with van der Waals surface area (Å²) in [4.78, 5) is 12.3. The van der Waals surface area contributed by atoms with Crippen LogP contribution in [0.5, 0.6) is 11.5 Å². The number of aryl methyl sites for hydroxylation is 2. The summed E-state index contributed by atoms with van der Waals surface area (Å²) in [5.41, 5.74) is 1.69. The van der Waals surface area contributed by atoms with Crippen LogP contribution in [0.1, 0.15) is 22.4 Å². The molecule has 0 saturated carbocycles. The number of hydrogen-bond acceptors (Lipinski definition) is 5. The van der Waals surface area contributed by atoms with E-state index < -0.39 is 5.56 Å². The number of pyridine rings is 1. The molecule has 116 valence electrons. The van der Waals surface area contributed by atoms with Crippen LogP contribution in [0.2, 0.25) is 0 Å². The number of nitrogens with zero attached hydrogens (tertiary/aromatic N) is 3. The van der Waals surface area contributed by atoms with Gasteiger partial charge in [0.05, 0.1) is 6.21 Å². The van der Waals surface area contributed by atoms with E-state index in [2.05, 4.69) is 21.0 Å². The van der Waals surface area contributed by atoms with Gasteiger partial charge in [-0.1, -0.05) is 0 Å². The summed E-state index contributed by atoms with van der Waals surface area (Å²) in [5, 5.41) is 13.3. The van der Waals surface area contributed by atoms with Gasteiger partial charge >= 0.3 is 0 Å². The van der Waals surface area contributed by atoms with Gasteiger partial charge in [-0.3, -0.25) is 4.79 Å². The van der Waals surface area contributed by atoms with Crippen LogP contribution >= 0.6 is 15.9 Å². The minimum Gasteiger partial charge on any atom is -0.454 e. The van der Waals surface area contributed by atoms with Crippen molar-refractivity contribution in [2.24, 2.45) is 5.10 Å². The standard InChI is InChI=1S/C16H12BrN3O3/c1-9-3-10(2)20(16(21)12(9)6-18)19-7-11-4-14-15(5-13(11)17)23-8-22-14/h3-5,7H,8H2,1-2H3/b19-7-. The molecule has 2 heterocycles. The average molecular weight is 374 g/mol. The van der Waals surface area contributed by atoms with E-state index in [-0.39, 0.29) is 12.4 Å². The number of halogens is 1. The first kappa shape index (κ1) is 15.3. The van der Waals surface area contributed by atoms with E-state index >= 15 is 0 Å². The fourth-order valence-electron chi connectivity index (χ4n) is 2.31. The maximum Gasteiger partial charge on any atom is 0.289 e. The highest BCUT2D eigenvalue weighted by Crippen LogP contribution is 2.36. The van der Waals surface area contributed by atoms with Gasteiger partial charge < -0.3 is 9.47 Å². The number of benzene rings is 1. The number of nitriles is 1. The van der Waals surface area contributed by atoms with Gasteiger partial charge in [0.15, 0.2) is 11.5 Å². The summed E-state index contributed by atoms with van der Waals surface area (Å²) in [7, 11) is 0. The van der Waals surface area contributed by atoms with Gasteiger partial charge in [-0.05, 0) is 53.5 Å². The molecule has 0 unspecified atom stereocenters. The lowest BCUT2D eigenvalue weighted by Gasteiger charge is -2.07. The summed E-state index contributed by atoms with van der Waals surface area (Å²) < 4.78 is 12.6. The normalized spacial score (nSPS) is 12.6. The maximum absolute atomic E-state index is 12.3. The third kappa shape index (κ3) is 2.73. The number of aromatic nitrogens is 1. The van der Waals surface area contributed by atoms with Crippen LogP contribution in [0.3, 0.4) is 0 Å². The van der Waals surface area contributed by atoms with Crippen molar-refractivity contribution in [3.63, 3.8) is 0 Å². The molecule has 23 heavy (non-hydrogen) atoms. The van der Waals surface area contributed by atoms with Crippen molar-refractivity contribution in [1.29, 1.82) is 5.26 Å². The van der Waals surface area contributed by atoms with Crippen molar-refractivity contribution in [3.8, 4) is 17.6 Å². The minimum absolute atomic E-state index is 0.0949. The predicted octanol–water partition coefficient (Wildman–Crippen LogP) is 2.71. The number of hydrogen-bond donors (Lipinski definition) is 0. The molecule has 2 aromatic rings. The average Bonchev–Trinajstić information content (AvgIpc) is 2.94. The fourth-order valence-corrected chi connectivity index (χ4v) is 2.74. The Kier molecular flexibility index (Phi) is 3.92. The highest BCUT2D eigenvalue weighted by Gasteiger charge is 2.16. The Morgan fingerprint density at radius 2 is 2.00 bits per heavy atom. The van der Waals surface area contributed by atoms with Crippen molar-refractivity contribution >= 4 is 22.1 Å². The van der Waals surface area contributed by atoms with Crippen LogP contribution in [-0.2, 0) is 0 Å². The third-order valence-corrected chi connectivity index (χ3v) is 4.16. The molecule has 0 aliphatic carbocycles. The van der Waals surface area contributed by atoms with Gasteiger partial charge in [0, 0.05) is 15.7 Å². The Balaban J connectivity index is 2.05. The van der Waals surface area contributed by atoms with Crippen LogP contribution in [0.15, 0.2) is 32.6 Å². The molecule has 0 bridgehead atoms. The molecular weight excluding hydrogens is 362 g/mol. The lowest BCUT2D eigenvalue weighted by Crippen LogP contribution is -2.22.